The van der Waals surface area contributed by atoms with E-state index in [9.17, 15) is 0 Å². The molecule has 0 bridgehead atoms. The summed E-state index contributed by atoms with van der Waals surface area (Å²) in [6.07, 6.45) is 3.27. The molecular formula is C11H12N2O. The molecule has 1 N–H and O–H groups in total. The first-order valence-electron chi connectivity index (χ1n) is 4.51. The summed E-state index contributed by atoms with van der Waals surface area (Å²) in [4.78, 5) is 6.76. The van der Waals surface area contributed by atoms with Gasteiger partial charge in [0, 0.05) is 0 Å². The summed E-state index contributed by atoms with van der Waals surface area (Å²) in [6, 6.07) is 8.25. The van der Waals surface area contributed by atoms with Crippen molar-refractivity contribution in [1.29, 1.82) is 0 Å². The first-order valence-corrected chi connectivity index (χ1v) is 4.51. The number of benzene rings is 1. The van der Waals surface area contributed by atoms with E-state index < -0.39 is 0 Å². The monoisotopic (exact) mass is 188 g/mol. The summed E-state index contributed by atoms with van der Waals surface area (Å²) in [5, 5.41) is 0. The van der Waals surface area contributed by atoms with E-state index in [0.717, 1.165) is 0 Å². The van der Waals surface area contributed by atoms with Crippen LogP contribution in [0.3, 0.4) is 0 Å². The highest BCUT2D eigenvalue weighted by Crippen LogP contribution is 2.08. The summed E-state index contributed by atoms with van der Waals surface area (Å²) in [5.41, 5.74) is 2.41. The summed E-state index contributed by atoms with van der Waals surface area (Å²) in [7, 11) is 0. The highest BCUT2D eigenvalue weighted by Gasteiger charge is 1.96. The Balaban J connectivity index is 1.98. The SMILES string of the molecule is Cc1cccc(COc2cnc[nH]2)c1. The fourth-order valence-corrected chi connectivity index (χ4v) is 1.29. The maximum atomic E-state index is 5.47. The van der Waals surface area contributed by atoms with E-state index in [2.05, 4.69) is 29.0 Å². The van der Waals surface area contributed by atoms with Crippen LogP contribution in [0.5, 0.6) is 5.88 Å². The number of hydrogen-bond acceptors (Lipinski definition) is 2. The number of hydrogen-bond donors (Lipinski definition) is 1. The van der Waals surface area contributed by atoms with Gasteiger partial charge in [-0.05, 0) is 12.5 Å². The van der Waals surface area contributed by atoms with Gasteiger partial charge >= 0.3 is 0 Å². The molecule has 0 unspecified atom stereocenters. The Kier molecular flexibility index (Phi) is 2.49. The van der Waals surface area contributed by atoms with Gasteiger partial charge in [0.05, 0.1) is 12.5 Å². The molecule has 0 atom stereocenters. The van der Waals surface area contributed by atoms with E-state index in [1.54, 1.807) is 12.5 Å². The minimum Gasteiger partial charge on any atom is -0.473 e. The fourth-order valence-electron chi connectivity index (χ4n) is 1.29. The van der Waals surface area contributed by atoms with Crippen LogP contribution in [0.25, 0.3) is 0 Å². The normalized spacial score (nSPS) is 10.1. The Morgan fingerprint density at radius 3 is 3.07 bits per heavy atom. The second-order valence-corrected chi connectivity index (χ2v) is 3.19. The van der Waals surface area contributed by atoms with Crippen LogP contribution in [0.2, 0.25) is 0 Å². The number of nitrogens with zero attached hydrogens (tertiary/aromatic N) is 1. The second kappa shape index (κ2) is 3.96. The number of aryl methyl sites for hydroxylation is 1. The average molecular weight is 188 g/mol. The van der Waals surface area contributed by atoms with Crippen molar-refractivity contribution < 1.29 is 4.74 Å². The van der Waals surface area contributed by atoms with Gasteiger partial charge in [-0.15, -0.1) is 0 Å². The summed E-state index contributed by atoms with van der Waals surface area (Å²) >= 11 is 0. The molecule has 1 aromatic heterocycles. The standard InChI is InChI=1S/C11H12N2O/c1-9-3-2-4-10(5-9)7-14-11-6-12-8-13-11/h2-6,8H,7H2,1H3,(H,12,13). The van der Waals surface area contributed by atoms with Gasteiger partial charge in [-0.2, -0.15) is 0 Å². The molecule has 14 heavy (non-hydrogen) atoms. The molecule has 3 nitrogen and oxygen atoms in total. The van der Waals surface area contributed by atoms with E-state index >= 15 is 0 Å². The summed E-state index contributed by atoms with van der Waals surface area (Å²) in [6.45, 7) is 2.64. The fraction of sp³-hybridized carbons (Fsp3) is 0.182. The van der Waals surface area contributed by atoms with Crippen LogP contribution in [0.15, 0.2) is 36.8 Å². The second-order valence-electron chi connectivity index (χ2n) is 3.19. The highest BCUT2D eigenvalue weighted by molar-refractivity contribution is 5.22. The number of rotatable bonds is 3. The maximum absolute atomic E-state index is 5.47. The first kappa shape index (κ1) is 8.81. The molecule has 1 heterocycles. The molecule has 0 aliphatic rings. The molecule has 0 fully saturated rings. The lowest BCUT2D eigenvalue weighted by Crippen LogP contribution is -1.95. The quantitative estimate of drug-likeness (QED) is 0.802. The van der Waals surface area contributed by atoms with Crippen molar-refractivity contribution in [3.8, 4) is 5.88 Å². The predicted molar refractivity (Wildman–Crippen MR) is 54.1 cm³/mol. The van der Waals surface area contributed by atoms with Gasteiger partial charge in [0.15, 0.2) is 0 Å². The Labute approximate surface area is 82.8 Å². The lowest BCUT2D eigenvalue weighted by Gasteiger charge is -2.03. The minimum absolute atomic E-state index is 0.573. The first-order chi connectivity index (χ1) is 6.84. The predicted octanol–water partition coefficient (Wildman–Crippen LogP) is 2.30. The lowest BCUT2D eigenvalue weighted by molar-refractivity contribution is 0.295. The Morgan fingerprint density at radius 1 is 1.43 bits per heavy atom. The van der Waals surface area contributed by atoms with Gasteiger partial charge in [-0.3, -0.25) is 0 Å². The largest absolute Gasteiger partial charge is 0.473 e. The van der Waals surface area contributed by atoms with E-state index in [1.807, 2.05) is 12.1 Å². The number of imidazole rings is 1. The van der Waals surface area contributed by atoms with Crippen LogP contribution < -0.4 is 4.74 Å². The molecule has 1 aromatic carbocycles. The van der Waals surface area contributed by atoms with Crippen molar-refractivity contribution in [3.63, 3.8) is 0 Å². The van der Waals surface area contributed by atoms with Gasteiger partial charge in [0.1, 0.15) is 6.61 Å². The third-order valence-electron chi connectivity index (χ3n) is 1.95. The van der Waals surface area contributed by atoms with Crippen LogP contribution in [0, 0.1) is 6.92 Å². The molecule has 0 amide bonds. The van der Waals surface area contributed by atoms with Crippen molar-refractivity contribution in [2.45, 2.75) is 13.5 Å². The van der Waals surface area contributed by atoms with Gasteiger partial charge in [-0.1, -0.05) is 29.8 Å². The molecule has 0 spiro atoms. The number of H-pyrrole nitrogens is 1. The van der Waals surface area contributed by atoms with Crippen molar-refractivity contribution in [2.75, 3.05) is 0 Å². The third kappa shape index (κ3) is 2.13. The molecule has 2 aromatic rings. The number of ether oxygens (including phenoxy) is 1. The Morgan fingerprint density at radius 2 is 2.36 bits per heavy atom. The molecule has 0 saturated carbocycles. The topological polar surface area (TPSA) is 37.9 Å². The van der Waals surface area contributed by atoms with Crippen molar-refractivity contribution in [1.82, 2.24) is 9.97 Å². The molecule has 0 radical (unpaired) electrons. The Hall–Kier alpha value is -1.77. The highest BCUT2D eigenvalue weighted by atomic mass is 16.5. The average Bonchev–Trinajstić information content (AvgIpc) is 2.67. The molecule has 0 aliphatic carbocycles. The summed E-state index contributed by atoms with van der Waals surface area (Å²) < 4.78 is 5.47. The van der Waals surface area contributed by atoms with Crippen LogP contribution in [0.1, 0.15) is 11.1 Å². The summed E-state index contributed by atoms with van der Waals surface area (Å²) in [5.74, 6) is 0.700. The van der Waals surface area contributed by atoms with E-state index in [1.165, 1.54) is 11.1 Å². The van der Waals surface area contributed by atoms with Crippen molar-refractivity contribution in [3.05, 3.63) is 47.9 Å². The van der Waals surface area contributed by atoms with Gasteiger partial charge < -0.3 is 9.72 Å². The maximum Gasteiger partial charge on any atom is 0.211 e. The van der Waals surface area contributed by atoms with Crippen LogP contribution >= 0.6 is 0 Å². The zero-order valence-corrected chi connectivity index (χ0v) is 8.03. The molecule has 72 valence electrons. The molecular weight excluding hydrogens is 176 g/mol. The Bertz CT molecular complexity index is 395. The van der Waals surface area contributed by atoms with Gasteiger partial charge in [0.25, 0.3) is 0 Å². The molecule has 2 rings (SSSR count). The van der Waals surface area contributed by atoms with Crippen molar-refractivity contribution in [2.24, 2.45) is 0 Å². The van der Waals surface area contributed by atoms with E-state index in [-0.39, 0.29) is 0 Å². The molecule has 3 heteroatoms. The number of nitrogens with one attached hydrogen (secondary N) is 1. The third-order valence-corrected chi connectivity index (χ3v) is 1.95. The zero-order chi connectivity index (χ0) is 9.80. The van der Waals surface area contributed by atoms with Crippen LogP contribution in [-0.2, 0) is 6.61 Å². The van der Waals surface area contributed by atoms with Crippen LogP contribution in [-0.4, -0.2) is 9.97 Å². The van der Waals surface area contributed by atoms with E-state index in [0.29, 0.717) is 12.5 Å². The molecule has 0 saturated heterocycles. The van der Waals surface area contributed by atoms with Crippen molar-refractivity contribution >= 4 is 0 Å². The van der Waals surface area contributed by atoms with E-state index in [4.69, 9.17) is 4.74 Å². The zero-order valence-electron chi connectivity index (χ0n) is 8.03. The molecule has 0 aliphatic heterocycles. The lowest BCUT2D eigenvalue weighted by atomic mass is 10.1. The smallest absolute Gasteiger partial charge is 0.211 e. The minimum atomic E-state index is 0.573. The van der Waals surface area contributed by atoms with Gasteiger partial charge in [0.2, 0.25) is 5.88 Å². The van der Waals surface area contributed by atoms with Gasteiger partial charge in [-0.25, -0.2) is 4.98 Å². The number of aromatic nitrogens is 2. The number of aromatic amines is 1. The van der Waals surface area contributed by atoms with Crippen LogP contribution in [0.4, 0.5) is 0 Å².